The molecule has 0 amide bonds. The van der Waals surface area contributed by atoms with E-state index in [1.807, 2.05) is 0 Å². The van der Waals surface area contributed by atoms with Crippen LogP contribution in [0, 0.1) is 11.8 Å². The van der Waals surface area contributed by atoms with E-state index >= 15 is 0 Å². The Hall–Kier alpha value is -3.12. The summed E-state index contributed by atoms with van der Waals surface area (Å²) in [5.41, 5.74) is -1.14. The summed E-state index contributed by atoms with van der Waals surface area (Å²) in [6.07, 6.45) is -1.31. The monoisotopic (exact) mass is 422 g/mol. The summed E-state index contributed by atoms with van der Waals surface area (Å²) in [4.78, 5) is 45.7. The highest BCUT2D eigenvalue weighted by Crippen LogP contribution is 2.43. The van der Waals surface area contributed by atoms with E-state index in [1.165, 1.54) is 6.92 Å². The summed E-state index contributed by atoms with van der Waals surface area (Å²) in [5, 5.41) is 19.3. The van der Waals surface area contributed by atoms with Crippen LogP contribution >= 0.6 is 7.60 Å². The lowest BCUT2D eigenvalue weighted by Gasteiger charge is -2.18. The molecule has 0 aliphatic heterocycles. The molecule has 2 unspecified atom stereocenters. The van der Waals surface area contributed by atoms with Gasteiger partial charge in [0.15, 0.2) is 12.1 Å². The largest absolute Gasteiger partial charge is 0.508 e. The highest BCUT2D eigenvalue weighted by Gasteiger charge is 2.31. The minimum absolute atomic E-state index is 0.0822. The number of hydrogen-bond acceptors (Lipinski definition) is 9. The second-order valence-corrected chi connectivity index (χ2v) is 7.86. The molecule has 0 saturated heterocycles. The predicted octanol–water partition coefficient (Wildman–Crippen LogP) is 1.39. The molecule has 1 heterocycles. The van der Waals surface area contributed by atoms with E-state index in [4.69, 9.17) is 9.15 Å². The highest BCUT2D eigenvalue weighted by molar-refractivity contribution is 7.52. The van der Waals surface area contributed by atoms with Gasteiger partial charge in [0.25, 0.3) is 5.78 Å². The van der Waals surface area contributed by atoms with Crippen LogP contribution in [0.4, 0.5) is 0 Å². The number of aromatic hydroxyl groups is 2. The SMILES string of the molecule is CCOP(=O)(O)COc1c(C2C#CC(=O)C(=O)C2)oc2cc(O)cc(O)c2c1=O. The molecular formula is C18H15O10P. The van der Waals surface area contributed by atoms with Gasteiger partial charge >= 0.3 is 7.60 Å². The number of phenolic OH excluding ortho intramolecular Hbond substituents is 2. The molecule has 3 N–H and O–H groups in total. The van der Waals surface area contributed by atoms with E-state index in [-0.39, 0.29) is 23.3 Å². The Labute approximate surface area is 163 Å². The molecule has 0 bridgehead atoms. The van der Waals surface area contributed by atoms with Gasteiger partial charge in [0.1, 0.15) is 22.5 Å². The number of hydrogen-bond donors (Lipinski definition) is 3. The molecule has 0 radical (unpaired) electrons. The second-order valence-electron chi connectivity index (χ2n) is 6.07. The number of Topliss-reactive ketones (excluding diaryl/α,β-unsaturated/α-hetero) is 2. The van der Waals surface area contributed by atoms with E-state index in [0.717, 1.165) is 12.1 Å². The first-order valence-electron chi connectivity index (χ1n) is 8.33. The molecule has 1 aromatic heterocycles. The molecule has 1 aromatic carbocycles. The number of carbonyl (C=O) groups excluding carboxylic acids is 2. The first-order valence-corrected chi connectivity index (χ1v) is 10.1. The van der Waals surface area contributed by atoms with Crippen LogP contribution < -0.4 is 10.2 Å². The Morgan fingerprint density at radius 2 is 2.00 bits per heavy atom. The first kappa shape index (κ1) is 20.6. The molecule has 0 spiro atoms. The van der Waals surface area contributed by atoms with E-state index in [0.29, 0.717) is 0 Å². The fraction of sp³-hybridized carbons (Fsp3) is 0.278. The number of carbonyl (C=O) groups is 2. The zero-order valence-electron chi connectivity index (χ0n) is 15.0. The van der Waals surface area contributed by atoms with Gasteiger partial charge in [-0.25, -0.2) is 0 Å². The molecular weight excluding hydrogens is 407 g/mol. The molecule has 10 nitrogen and oxygen atoms in total. The Morgan fingerprint density at radius 3 is 2.66 bits per heavy atom. The van der Waals surface area contributed by atoms with E-state index in [9.17, 15) is 34.1 Å². The molecule has 11 heteroatoms. The third-order valence-electron chi connectivity index (χ3n) is 3.97. The van der Waals surface area contributed by atoms with Crippen molar-refractivity contribution in [1.82, 2.24) is 0 Å². The van der Waals surface area contributed by atoms with Crippen LogP contribution in [0.2, 0.25) is 0 Å². The number of fused-ring (bicyclic) bond motifs is 1. The second kappa shape index (κ2) is 7.72. The number of ether oxygens (including phenoxy) is 1. The van der Waals surface area contributed by atoms with Crippen molar-refractivity contribution >= 4 is 30.1 Å². The summed E-state index contributed by atoms with van der Waals surface area (Å²) >= 11 is 0. The van der Waals surface area contributed by atoms with Gasteiger partial charge in [-0.1, -0.05) is 5.92 Å². The summed E-state index contributed by atoms with van der Waals surface area (Å²) in [6, 6.07) is 1.96. The van der Waals surface area contributed by atoms with Crippen molar-refractivity contribution in [2.45, 2.75) is 19.3 Å². The predicted molar refractivity (Wildman–Crippen MR) is 97.9 cm³/mol. The molecule has 0 fully saturated rings. The van der Waals surface area contributed by atoms with Crippen molar-refractivity contribution in [3.8, 4) is 29.1 Å². The van der Waals surface area contributed by atoms with Gasteiger partial charge in [-0.3, -0.25) is 18.9 Å². The standard InChI is InChI=1S/C18H15O10P/c1-2-27-29(24,25)8-26-18-16(23)15-13(22)6-10(19)7-14(15)28-17(18)9-3-4-11(20)12(21)5-9/h6-7,9,19,22H,2,5,8H2,1H3,(H,24,25). The Kier molecular flexibility index (Phi) is 5.48. The van der Waals surface area contributed by atoms with Gasteiger partial charge in [0, 0.05) is 18.6 Å². The topological polar surface area (TPSA) is 161 Å². The van der Waals surface area contributed by atoms with Gasteiger partial charge in [-0.15, -0.1) is 0 Å². The average Bonchev–Trinajstić information content (AvgIpc) is 2.62. The third-order valence-corrected chi connectivity index (χ3v) is 5.08. The quantitative estimate of drug-likeness (QED) is 0.268. The summed E-state index contributed by atoms with van der Waals surface area (Å²) in [7, 11) is -4.20. The number of phenols is 2. The van der Waals surface area contributed by atoms with Crippen LogP contribution in [0.1, 0.15) is 25.0 Å². The molecule has 29 heavy (non-hydrogen) atoms. The Balaban J connectivity index is 2.19. The molecule has 0 saturated carbocycles. The van der Waals surface area contributed by atoms with Gasteiger partial charge < -0.3 is 28.8 Å². The van der Waals surface area contributed by atoms with Crippen molar-refractivity contribution in [3.63, 3.8) is 0 Å². The van der Waals surface area contributed by atoms with E-state index in [1.54, 1.807) is 0 Å². The maximum atomic E-state index is 12.9. The Morgan fingerprint density at radius 1 is 1.28 bits per heavy atom. The fourth-order valence-electron chi connectivity index (χ4n) is 2.75. The maximum absolute atomic E-state index is 12.9. The number of rotatable bonds is 6. The van der Waals surface area contributed by atoms with Gasteiger partial charge in [0.2, 0.25) is 17.0 Å². The first-order chi connectivity index (χ1) is 13.6. The molecule has 3 rings (SSSR count). The average molecular weight is 422 g/mol. The zero-order valence-corrected chi connectivity index (χ0v) is 15.9. The maximum Gasteiger partial charge on any atom is 0.365 e. The van der Waals surface area contributed by atoms with Crippen molar-refractivity contribution < 1.29 is 42.9 Å². The van der Waals surface area contributed by atoms with E-state index in [2.05, 4.69) is 16.4 Å². The van der Waals surface area contributed by atoms with Crippen LogP contribution in [-0.4, -0.2) is 39.6 Å². The Bertz CT molecular complexity index is 1180. The molecule has 1 aliphatic rings. The zero-order chi connectivity index (χ0) is 21.3. The van der Waals surface area contributed by atoms with Gasteiger partial charge in [-0.05, 0) is 12.8 Å². The lowest BCUT2D eigenvalue weighted by atomic mass is 9.93. The van der Waals surface area contributed by atoms with E-state index < -0.39 is 60.5 Å². The lowest BCUT2D eigenvalue weighted by molar-refractivity contribution is -0.133. The van der Waals surface area contributed by atoms with Crippen LogP contribution in [0.15, 0.2) is 21.3 Å². The highest BCUT2D eigenvalue weighted by atomic mass is 31.2. The van der Waals surface area contributed by atoms with Crippen LogP contribution in [0.5, 0.6) is 17.2 Å². The van der Waals surface area contributed by atoms with Crippen LogP contribution in [0.3, 0.4) is 0 Å². The normalized spacial score (nSPS) is 18.2. The summed E-state index contributed by atoms with van der Waals surface area (Å²) < 4.78 is 27.4. The molecule has 152 valence electrons. The van der Waals surface area contributed by atoms with Crippen molar-refractivity contribution in [2.75, 3.05) is 13.0 Å². The number of benzene rings is 1. The van der Waals surface area contributed by atoms with Crippen molar-refractivity contribution in [1.29, 1.82) is 0 Å². The minimum atomic E-state index is -4.20. The van der Waals surface area contributed by atoms with Gasteiger partial charge in [-0.2, -0.15) is 0 Å². The third kappa shape index (κ3) is 4.17. The molecule has 2 atom stereocenters. The minimum Gasteiger partial charge on any atom is -0.508 e. The van der Waals surface area contributed by atoms with Crippen LogP contribution in [0.25, 0.3) is 11.0 Å². The van der Waals surface area contributed by atoms with Gasteiger partial charge in [0.05, 0.1) is 12.5 Å². The summed E-state index contributed by atoms with van der Waals surface area (Å²) in [6.45, 7) is 1.41. The fourth-order valence-corrected chi connectivity index (χ4v) is 3.52. The lowest BCUT2D eigenvalue weighted by Crippen LogP contribution is -2.21. The van der Waals surface area contributed by atoms with Crippen molar-refractivity contribution in [3.05, 3.63) is 28.1 Å². The smallest absolute Gasteiger partial charge is 0.365 e. The molecule has 2 aromatic rings. The summed E-state index contributed by atoms with van der Waals surface area (Å²) in [5.74, 6) is -0.00438. The number of ketones is 2. The van der Waals surface area contributed by atoms with Crippen molar-refractivity contribution in [2.24, 2.45) is 0 Å². The molecule has 1 aliphatic carbocycles. The van der Waals surface area contributed by atoms with Crippen LogP contribution in [-0.2, 0) is 18.7 Å².